The largest absolute Gasteiger partial charge is 0.388 e. The SMILES string of the molecule is Cc1ccc(C(O)Cc2ccc(Cl)cc2)cc1C. The van der Waals surface area contributed by atoms with Crippen LogP contribution in [0.5, 0.6) is 0 Å². The number of aliphatic hydroxyl groups is 1. The maximum absolute atomic E-state index is 10.2. The number of halogens is 1. The summed E-state index contributed by atoms with van der Waals surface area (Å²) in [6.07, 6.45) is 0.144. The first kappa shape index (κ1) is 13.1. The summed E-state index contributed by atoms with van der Waals surface area (Å²) >= 11 is 5.84. The minimum atomic E-state index is -0.467. The molecule has 0 fully saturated rings. The molecule has 2 aromatic rings. The quantitative estimate of drug-likeness (QED) is 0.876. The van der Waals surface area contributed by atoms with E-state index in [1.54, 1.807) is 0 Å². The van der Waals surface area contributed by atoms with Crippen molar-refractivity contribution >= 4 is 11.6 Å². The topological polar surface area (TPSA) is 20.2 Å². The molecule has 2 heteroatoms. The van der Waals surface area contributed by atoms with Gasteiger partial charge in [-0.3, -0.25) is 0 Å². The molecule has 1 atom stereocenters. The number of rotatable bonds is 3. The van der Waals surface area contributed by atoms with Crippen molar-refractivity contribution in [3.05, 3.63) is 69.7 Å². The van der Waals surface area contributed by atoms with E-state index in [1.807, 2.05) is 30.3 Å². The predicted octanol–water partition coefficient (Wildman–Crippen LogP) is 4.23. The molecular weight excluding hydrogens is 244 g/mol. The van der Waals surface area contributed by atoms with Gasteiger partial charge in [0.25, 0.3) is 0 Å². The molecule has 0 aromatic heterocycles. The normalized spacial score (nSPS) is 12.4. The highest BCUT2D eigenvalue weighted by Crippen LogP contribution is 2.21. The highest BCUT2D eigenvalue weighted by atomic mass is 35.5. The standard InChI is InChI=1S/C16H17ClO/c1-11-3-6-14(9-12(11)2)16(18)10-13-4-7-15(17)8-5-13/h3-9,16,18H,10H2,1-2H3. The van der Waals surface area contributed by atoms with Crippen LogP contribution in [0.1, 0.15) is 28.4 Å². The van der Waals surface area contributed by atoms with E-state index >= 15 is 0 Å². The summed E-state index contributed by atoms with van der Waals surface area (Å²) in [5.74, 6) is 0. The molecule has 1 nitrogen and oxygen atoms in total. The lowest BCUT2D eigenvalue weighted by molar-refractivity contribution is 0.178. The molecule has 0 heterocycles. The summed E-state index contributed by atoms with van der Waals surface area (Å²) in [4.78, 5) is 0. The van der Waals surface area contributed by atoms with E-state index in [0.717, 1.165) is 16.1 Å². The Hall–Kier alpha value is -1.31. The minimum absolute atomic E-state index is 0.467. The van der Waals surface area contributed by atoms with E-state index in [-0.39, 0.29) is 0 Å². The Labute approximate surface area is 113 Å². The van der Waals surface area contributed by atoms with Crippen molar-refractivity contribution in [1.29, 1.82) is 0 Å². The van der Waals surface area contributed by atoms with E-state index in [4.69, 9.17) is 11.6 Å². The minimum Gasteiger partial charge on any atom is -0.388 e. The zero-order valence-corrected chi connectivity index (χ0v) is 11.4. The van der Waals surface area contributed by atoms with Crippen LogP contribution in [0.4, 0.5) is 0 Å². The van der Waals surface area contributed by atoms with Gasteiger partial charge in [0.15, 0.2) is 0 Å². The molecule has 0 spiro atoms. The van der Waals surface area contributed by atoms with Crippen molar-refractivity contribution in [2.45, 2.75) is 26.4 Å². The lowest BCUT2D eigenvalue weighted by Crippen LogP contribution is -2.02. The van der Waals surface area contributed by atoms with Crippen LogP contribution in [0.15, 0.2) is 42.5 Å². The van der Waals surface area contributed by atoms with Gasteiger partial charge in [-0.05, 0) is 48.2 Å². The van der Waals surface area contributed by atoms with Crippen LogP contribution in [0.2, 0.25) is 5.02 Å². The van der Waals surface area contributed by atoms with Crippen molar-refractivity contribution in [1.82, 2.24) is 0 Å². The van der Waals surface area contributed by atoms with Crippen LogP contribution in [0.3, 0.4) is 0 Å². The molecule has 94 valence electrons. The second-order valence-corrected chi connectivity index (χ2v) is 5.13. The molecular formula is C16H17ClO. The van der Waals surface area contributed by atoms with Crippen LogP contribution >= 0.6 is 11.6 Å². The number of hydrogen-bond donors (Lipinski definition) is 1. The Bertz CT molecular complexity index is 531. The second-order valence-electron chi connectivity index (χ2n) is 4.69. The lowest BCUT2D eigenvalue weighted by atomic mass is 9.98. The van der Waals surface area contributed by atoms with Crippen molar-refractivity contribution < 1.29 is 5.11 Å². The molecule has 0 bridgehead atoms. The molecule has 0 radical (unpaired) electrons. The maximum atomic E-state index is 10.2. The average Bonchev–Trinajstić information content (AvgIpc) is 2.35. The average molecular weight is 261 g/mol. The van der Waals surface area contributed by atoms with Gasteiger partial charge >= 0.3 is 0 Å². The predicted molar refractivity (Wildman–Crippen MR) is 76.0 cm³/mol. The molecule has 2 rings (SSSR count). The highest BCUT2D eigenvalue weighted by molar-refractivity contribution is 6.30. The molecule has 0 saturated heterocycles. The first-order chi connectivity index (χ1) is 8.56. The maximum Gasteiger partial charge on any atom is 0.0830 e. The van der Waals surface area contributed by atoms with E-state index in [9.17, 15) is 5.11 Å². The molecule has 0 saturated carbocycles. The first-order valence-electron chi connectivity index (χ1n) is 6.06. The zero-order valence-electron chi connectivity index (χ0n) is 10.7. The fourth-order valence-electron chi connectivity index (χ4n) is 1.93. The van der Waals surface area contributed by atoms with Crippen LogP contribution in [-0.4, -0.2) is 5.11 Å². The Morgan fingerprint density at radius 1 is 1.00 bits per heavy atom. The van der Waals surface area contributed by atoms with Crippen molar-refractivity contribution in [3.8, 4) is 0 Å². The number of benzene rings is 2. The molecule has 18 heavy (non-hydrogen) atoms. The van der Waals surface area contributed by atoms with Crippen LogP contribution < -0.4 is 0 Å². The van der Waals surface area contributed by atoms with Gasteiger partial charge in [0, 0.05) is 11.4 Å². The summed E-state index contributed by atoms with van der Waals surface area (Å²) in [7, 11) is 0. The van der Waals surface area contributed by atoms with Gasteiger partial charge in [-0.2, -0.15) is 0 Å². The molecule has 0 aliphatic rings. The van der Waals surface area contributed by atoms with Crippen LogP contribution in [-0.2, 0) is 6.42 Å². The third-order valence-electron chi connectivity index (χ3n) is 3.26. The van der Waals surface area contributed by atoms with E-state index in [0.29, 0.717) is 6.42 Å². The first-order valence-corrected chi connectivity index (χ1v) is 6.44. The summed E-state index contributed by atoms with van der Waals surface area (Å²) < 4.78 is 0. The van der Waals surface area contributed by atoms with E-state index in [2.05, 4.69) is 26.0 Å². The van der Waals surface area contributed by atoms with Crippen LogP contribution in [0.25, 0.3) is 0 Å². The third kappa shape index (κ3) is 3.12. The van der Waals surface area contributed by atoms with Gasteiger partial charge in [-0.25, -0.2) is 0 Å². The number of aryl methyl sites for hydroxylation is 2. The second kappa shape index (κ2) is 5.55. The Morgan fingerprint density at radius 2 is 1.67 bits per heavy atom. The molecule has 1 N–H and O–H groups in total. The third-order valence-corrected chi connectivity index (χ3v) is 3.51. The Morgan fingerprint density at radius 3 is 2.28 bits per heavy atom. The summed E-state index contributed by atoms with van der Waals surface area (Å²) in [6.45, 7) is 4.14. The highest BCUT2D eigenvalue weighted by Gasteiger charge is 2.09. The Kier molecular flexibility index (Phi) is 4.05. The number of hydrogen-bond acceptors (Lipinski definition) is 1. The smallest absolute Gasteiger partial charge is 0.0830 e. The van der Waals surface area contributed by atoms with Crippen molar-refractivity contribution in [2.75, 3.05) is 0 Å². The summed E-state index contributed by atoms with van der Waals surface area (Å²) in [5, 5.41) is 10.9. The molecule has 0 aliphatic carbocycles. The molecule has 1 unspecified atom stereocenters. The number of aliphatic hydroxyl groups excluding tert-OH is 1. The van der Waals surface area contributed by atoms with Gasteiger partial charge in [0.05, 0.1) is 6.10 Å². The zero-order chi connectivity index (χ0) is 13.1. The van der Waals surface area contributed by atoms with Gasteiger partial charge in [-0.15, -0.1) is 0 Å². The molecule has 2 aromatic carbocycles. The monoisotopic (exact) mass is 260 g/mol. The van der Waals surface area contributed by atoms with E-state index < -0.39 is 6.10 Å². The van der Waals surface area contributed by atoms with Crippen molar-refractivity contribution in [2.24, 2.45) is 0 Å². The van der Waals surface area contributed by atoms with Gasteiger partial charge in [-0.1, -0.05) is 41.9 Å². The fourth-order valence-corrected chi connectivity index (χ4v) is 2.06. The lowest BCUT2D eigenvalue weighted by Gasteiger charge is -2.13. The van der Waals surface area contributed by atoms with Crippen molar-refractivity contribution in [3.63, 3.8) is 0 Å². The molecule has 0 aliphatic heterocycles. The van der Waals surface area contributed by atoms with E-state index in [1.165, 1.54) is 11.1 Å². The summed E-state index contributed by atoms with van der Waals surface area (Å²) in [6, 6.07) is 13.7. The van der Waals surface area contributed by atoms with Gasteiger partial charge in [0.2, 0.25) is 0 Å². The van der Waals surface area contributed by atoms with Crippen LogP contribution in [0, 0.1) is 13.8 Å². The Balaban J connectivity index is 2.13. The summed E-state index contributed by atoms with van der Waals surface area (Å²) in [5.41, 5.74) is 4.51. The van der Waals surface area contributed by atoms with Gasteiger partial charge in [0.1, 0.15) is 0 Å². The fraction of sp³-hybridized carbons (Fsp3) is 0.250. The van der Waals surface area contributed by atoms with Gasteiger partial charge < -0.3 is 5.11 Å². The molecule has 0 amide bonds.